The zero-order chi connectivity index (χ0) is 14.8. The first-order valence-electron chi connectivity index (χ1n) is 6.38. The number of nitrogens with zero attached hydrogens (tertiary/aromatic N) is 2. The van der Waals surface area contributed by atoms with Crippen molar-refractivity contribution in [3.05, 3.63) is 59.8 Å². The fourth-order valence-electron chi connectivity index (χ4n) is 2.13. The number of hydrogen-bond acceptors (Lipinski definition) is 4. The van der Waals surface area contributed by atoms with Gasteiger partial charge in [0.25, 0.3) is 0 Å². The van der Waals surface area contributed by atoms with Gasteiger partial charge in [0.15, 0.2) is 5.75 Å². The van der Waals surface area contributed by atoms with Crippen molar-refractivity contribution in [2.75, 3.05) is 0 Å². The summed E-state index contributed by atoms with van der Waals surface area (Å²) < 4.78 is 5.83. The number of benzene rings is 2. The fourth-order valence-corrected chi connectivity index (χ4v) is 2.13. The maximum Gasteiger partial charge on any atom is 0.339 e. The Labute approximate surface area is 120 Å². The summed E-state index contributed by atoms with van der Waals surface area (Å²) in [4.78, 5) is 11.3. The maximum atomic E-state index is 11.3. The topological polar surface area (TPSA) is 72.3 Å². The normalized spacial score (nSPS) is 10.5. The average Bonchev–Trinajstić information content (AvgIpc) is 2.49. The van der Waals surface area contributed by atoms with E-state index in [1.54, 1.807) is 19.1 Å². The van der Waals surface area contributed by atoms with E-state index < -0.39 is 5.97 Å². The molecular formula is C16H12N2O3. The van der Waals surface area contributed by atoms with Crippen LogP contribution >= 0.6 is 0 Å². The molecule has 3 aromatic rings. The fraction of sp³-hybridized carbons (Fsp3) is 0.0625. The van der Waals surface area contributed by atoms with Gasteiger partial charge in [0.2, 0.25) is 0 Å². The molecule has 1 N–H and O–H groups in total. The summed E-state index contributed by atoms with van der Waals surface area (Å²) in [6, 6.07) is 12.4. The Morgan fingerprint density at radius 3 is 2.76 bits per heavy atom. The van der Waals surface area contributed by atoms with Crippen LogP contribution in [0, 0.1) is 6.92 Å². The van der Waals surface area contributed by atoms with Gasteiger partial charge >= 0.3 is 5.97 Å². The highest BCUT2D eigenvalue weighted by Gasteiger charge is 2.15. The largest absolute Gasteiger partial charge is 0.478 e. The summed E-state index contributed by atoms with van der Waals surface area (Å²) >= 11 is 0. The first kappa shape index (κ1) is 13.1. The maximum absolute atomic E-state index is 11.3. The first-order chi connectivity index (χ1) is 10.2. The molecule has 5 heteroatoms. The van der Waals surface area contributed by atoms with Crippen LogP contribution in [0.3, 0.4) is 0 Å². The van der Waals surface area contributed by atoms with Gasteiger partial charge in [-0.2, -0.15) is 10.2 Å². The molecule has 0 atom stereocenters. The predicted molar refractivity (Wildman–Crippen MR) is 77.8 cm³/mol. The lowest BCUT2D eigenvalue weighted by atomic mass is 10.1. The van der Waals surface area contributed by atoms with Crippen molar-refractivity contribution in [3.8, 4) is 11.5 Å². The second kappa shape index (κ2) is 5.20. The smallest absolute Gasteiger partial charge is 0.339 e. The monoisotopic (exact) mass is 280 g/mol. The highest BCUT2D eigenvalue weighted by molar-refractivity contribution is 5.92. The molecule has 0 aliphatic carbocycles. The molecule has 2 aromatic carbocycles. The van der Waals surface area contributed by atoms with Gasteiger partial charge < -0.3 is 9.84 Å². The summed E-state index contributed by atoms with van der Waals surface area (Å²) in [7, 11) is 0. The van der Waals surface area contributed by atoms with Crippen LogP contribution in [0.5, 0.6) is 11.5 Å². The third-order valence-corrected chi connectivity index (χ3v) is 3.16. The minimum Gasteiger partial charge on any atom is -0.478 e. The number of rotatable bonds is 3. The zero-order valence-corrected chi connectivity index (χ0v) is 11.3. The van der Waals surface area contributed by atoms with E-state index in [0.717, 1.165) is 10.9 Å². The molecule has 5 nitrogen and oxygen atoms in total. The van der Waals surface area contributed by atoms with Gasteiger partial charge in [-0.15, -0.1) is 0 Å². The number of aromatic carboxylic acids is 1. The molecule has 21 heavy (non-hydrogen) atoms. The third-order valence-electron chi connectivity index (χ3n) is 3.16. The van der Waals surface area contributed by atoms with Crippen molar-refractivity contribution in [2.24, 2.45) is 0 Å². The number of fused-ring (bicyclic) bond motifs is 1. The number of carboxylic acid groups (broad SMARTS) is 1. The molecule has 0 saturated heterocycles. The van der Waals surface area contributed by atoms with Gasteiger partial charge in [-0.05, 0) is 30.7 Å². The van der Waals surface area contributed by atoms with Crippen LogP contribution in [0.4, 0.5) is 0 Å². The van der Waals surface area contributed by atoms with Gasteiger partial charge in [-0.25, -0.2) is 4.79 Å². The van der Waals surface area contributed by atoms with Crippen LogP contribution in [0.15, 0.2) is 48.7 Å². The molecule has 1 aromatic heterocycles. The van der Waals surface area contributed by atoms with Crippen molar-refractivity contribution >= 4 is 16.9 Å². The van der Waals surface area contributed by atoms with Crippen molar-refractivity contribution in [1.82, 2.24) is 10.2 Å². The van der Waals surface area contributed by atoms with E-state index in [4.69, 9.17) is 4.74 Å². The third kappa shape index (κ3) is 2.41. The Morgan fingerprint density at radius 2 is 1.95 bits per heavy atom. The van der Waals surface area contributed by atoms with Crippen molar-refractivity contribution < 1.29 is 14.6 Å². The second-order valence-corrected chi connectivity index (χ2v) is 4.58. The molecule has 0 amide bonds. The van der Waals surface area contributed by atoms with Crippen LogP contribution in [0.2, 0.25) is 0 Å². The van der Waals surface area contributed by atoms with Crippen molar-refractivity contribution in [3.63, 3.8) is 0 Å². The molecule has 0 unspecified atom stereocenters. The van der Waals surface area contributed by atoms with Crippen LogP contribution in [-0.4, -0.2) is 21.3 Å². The van der Waals surface area contributed by atoms with E-state index in [1.165, 1.54) is 12.3 Å². The molecule has 104 valence electrons. The molecule has 0 aliphatic heterocycles. The SMILES string of the molecule is Cc1cccc(C(=O)O)c1Oc1cnnc2ccccc12. The Bertz CT molecular complexity index is 825. The number of ether oxygens (including phenoxy) is 1. The van der Waals surface area contributed by atoms with Crippen molar-refractivity contribution in [1.29, 1.82) is 0 Å². The molecule has 3 rings (SSSR count). The van der Waals surface area contributed by atoms with Gasteiger partial charge in [0, 0.05) is 5.39 Å². The summed E-state index contributed by atoms with van der Waals surface area (Å²) in [5.41, 5.74) is 1.56. The molecular weight excluding hydrogens is 268 g/mol. The summed E-state index contributed by atoms with van der Waals surface area (Å²) in [5, 5.41) is 18.0. The zero-order valence-electron chi connectivity index (χ0n) is 11.3. The number of hydrogen-bond donors (Lipinski definition) is 1. The lowest BCUT2D eigenvalue weighted by Crippen LogP contribution is -2.02. The van der Waals surface area contributed by atoms with Gasteiger partial charge in [0.05, 0.1) is 11.7 Å². The van der Waals surface area contributed by atoms with Gasteiger partial charge in [-0.1, -0.05) is 24.3 Å². The summed E-state index contributed by atoms with van der Waals surface area (Å²) in [6.07, 6.45) is 1.49. The molecule has 0 spiro atoms. The first-order valence-corrected chi connectivity index (χ1v) is 6.38. The van der Waals surface area contributed by atoms with E-state index in [-0.39, 0.29) is 5.56 Å². The van der Waals surface area contributed by atoms with E-state index >= 15 is 0 Å². The Morgan fingerprint density at radius 1 is 1.14 bits per heavy atom. The molecule has 0 radical (unpaired) electrons. The van der Waals surface area contributed by atoms with Crippen LogP contribution in [0.25, 0.3) is 10.9 Å². The van der Waals surface area contributed by atoms with Gasteiger partial charge in [0.1, 0.15) is 11.3 Å². The number of carbonyl (C=O) groups is 1. The van der Waals surface area contributed by atoms with E-state index in [9.17, 15) is 9.90 Å². The standard InChI is InChI=1S/C16H12N2O3/c1-10-5-4-7-12(16(19)20)15(10)21-14-9-17-18-13-8-3-2-6-11(13)14/h2-9H,1H3,(H,19,20). The number of aryl methyl sites for hydroxylation is 1. The van der Waals surface area contributed by atoms with Crippen LogP contribution < -0.4 is 4.74 Å². The summed E-state index contributed by atoms with van der Waals surface area (Å²) in [6.45, 7) is 1.80. The minimum atomic E-state index is -1.03. The number of aromatic nitrogens is 2. The Balaban J connectivity index is 2.13. The molecule has 1 heterocycles. The van der Waals surface area contributed by atoms with Crippen LogP contribution in [-0.2, 0) is 0 Å². The molecule has 0 aliphatic rings. The Hall–Kier alpha value is -2.95. The quantitative estimate of drug-likeness (QED) is 0.795. The van der Waals surface area contributed by atoms with E-state index in [2.05, 4.69) is 10.2 Å². The number of carboxylic acids is 1. The minimum absolute atomic E-state index is 0.121. The lowest BCUT2D eigenvalue weighted by molar-refractivity contribution is 0.0694. The van der Waals surface area contributed by atoms with Gasteiger partial charge in [-0.3, -0.25) is 0 Å². The van der Waals surface area contributed by atoms with E-state index in [0.29, 0.717) is 17.0 Å². The molecule has 0 fully saturated rings. The van der Waals surface area contributed by atoms with Crippen LogP contribution in [0.1, 0.15) is 15.9 Å². The summed E-state index contributed by atoms with van der Waals surface area (Å²) in [5.74, 6) is -0.222. The highest BCUT2D eigenvalue weighted by Crippen LogP contribution is 2.32. The lowest BCUT2D eigenvalue weighted by Gasteiger charge is -2.12. The predicted octanol–water partition coefficient (Wildman–Crippen LogP) is 3.43. The molecule has 0 bridgehead atoms. The average molecular weight is 280 g/mol. The highest BCUT2D eigenvalue weighted by atomic mass is 16.5. The number of para-hydroxylation sites is 1. The van der Waals surface area contributed by atoms with Crippen molar-refractivity contribution in [2.45, 2.75) is 6.92 Å². The Kier molecular flexibility index (Phi) is 3.23. The van der Waals surface area contributed by atoms with E-state index in [1.807, 2.05) is 24.3 Å². The molecule has 0 saturated carbocycles. The second-order valence-electron chi connectivity index (χ2n) is 4.58.